The van der Waals surface area contributed by atoms with Gasteiger partial charge in [-0.15, -0.1) is 0 Å². The summed E-state index contributed by atoms with van der Waals surface area (Å²) >= 11 is 0. The van der Waals surface area contributed by atoms with Crippen molar-refractivity contribution in [1.82, 2.24) is 10.1 Å². The fraction of sp³-hybridized carbons (Fsp3) is 0.263. The maximum atomic E-state index is 5.26. The molecule has 1 saturated heterocycles. The Labute approximate surface area is 140 Å². The Morgan fingerprint density at radius 1 is 0.958 bits per heavy atom. The van der Waals surface area contributed by atoms with E-state index >= 15 is 0 Å². The van der Waals surface area contributed by atoms with Crippen LogP contribution in [0.2, 0.25) is 0 Å². The smallest absolute Gasteiger partial charge is 0.251 e. The minimum absolute atomic E-state index is 0.460. The van der Waals surface area contributed by atoms with E-state index in [4.69, 9.17) is 8.94 Å². The molecule has 5 heteroatoms. The highest BCUT2D eigenvalue weighted by atomic mass is 16.5. The van der Waals surface area contributed by atoms with Gasteiger partial charge in [-0.2, -0.15) is 4.98 Å². The normalized spacial score (nSPS) is 15.2. The van der Waals surface area contributed by atoms with Crippen molar-refractivity contribution in [2.75, 3.05) is 18.0 Å². The Morgan fingerprint density at radius 3 is 2.54 bits per heavy atom. The summed E-state index contributed by atoms with van der Waals surface area (Å²) in [6, 6.07) is 12.1. The summed E-state index contributed by atoms with van der Waals surface area (Å²) in [7, 11) is 0. The maximum absolute atomic E-state index is 5.26. The van der Waals surface area contributed by atoms with Crippen LogP contribution < -0.4 is 4.90 Å². The Balaban J connectivity index is 1.47. The Bertz CT molecular complexity index is 798. The maximum Gasteiger partial charge on any atom is 0.251 e. The van der Waals surface area contributed by atoms with Crippen molar-refractivity contribution in [3.05, 3.63) is 54.3 Å². The van der Waals surface area contributed by atoms with Crippen LogP contribution >= 0.6 is 0 Å². The van der Waals surface area contributed by atoms with E-state index in [0.717, 1.165) is 24.4 Å². The predicted molar refractivity (Wildman–Crippen MR) is 93.4 cm³/mol. The lowest BCUT2D eigenvalue weighted by molar-refractivity contribution is 0.411. The lowest BCUT2D eigenvalue weighted by Gasteiger charge is -2.28. The van der Waals surface area contributed by atoms with E-state index in [1.807, 2.05) is 12.1 Å². The van der Waals surface area contributed by atoms with Crippen molar-refractivity contribution in [2.24, 2.45) is 0 Å². The van der Waals surface area contributed by atoms with Crippen molar-refractivity contribution >= 4 is 17.8 Å². The summed E-state index contributed by atoms with van der Waals surface area (Å²) < 4.78 is 10.5. The van der Waals surface area contributed by atoms with Gasteiger partial charge in [0.1, 0.15) is 5.76 Å². The van der Waals surface area contributed by atoms with Crippen LogP contribution in [-0.2, 0) is 0 Å². The van der Waals surface area contributed by atoms with Crippen LogP contribution in [0.25, 0.3) is 23.5 Å². The van der Waals surface area contributed by atoms with Gasteiger partial charge in [0.15, 0.2) is 0 Å². The van der Waals surface area contributed by atoms with Gasteiger partial charge in [0, 0.05) is 30.4 Å². The zero-order valence-corrected chi connectivity index (χ0v) is 13.4. The molecule has 24 heavy (non-hydrogen) atoms. The van der Waals surface area contributed by atoms with E-state index in [-0.39, 0.29) is 0 Å². The topological polar surface area (TPSA) is 55.3 Å². The Hall–Kier alpha value is -2.82. The molecule has 0 amide bonds. The zero-order chi connectivity index (χ0) is 16.2. The second-order valence-corrected chi connectivity index (χ2v) is 5.90. The molecular formula is C19H19N3O2. The molecular weight excluding hydrogens is 302 g/mol. The summed E-state index contributed by atoms with van der Waals surface area (Å²) in [5.74, 6) is 1.81. The highest BCUT2D eigenvalue weighted by Gasteiger charge is 2.12. The van der Waals surface area contributed by atoms with E-state index in [2.05, 4.69) is 39.3 Å². The summed E-state index contributed by atoms with van der Waals surface area (Å²) in [4.78, 5) is 6.83. The van der Waals surface area contributed by atoms with Crippen molar-refractivity contribution < 1.29 is 8.94 Å². The van der Waals surface area contributed by atoms with Gasteiger partial charge in [-0.3, -0.25) is 0 Å². The van der Waals surface area contributed by atoms with Crippen molar-refractivity contribution in [3.63, 3.8) is 0 Å². The van der Waals surface area contributed by atoms with Crippen LogP contribution in [-0.4, -0.2) is 23.2 Å². The zero-order valence-electron chi connectivity index (χ0n) is 13.4. The number of benzene rings is 1. The third-order valence-electron chi connectivity index (χ3n) is 4.22. The molecule has 2 aromatic heterocycles. The quantitative estimate of drug-likeness (QED) is 0.708. The van der Waals surface area contributed by atoms with E-state index in [9.17, 15) is 0 Å². The molecule has 0 N–H and O–H groups in total. The van der Waals surface area contributed by atoms with E-state index in [1.165, 1.54) is 24.9 Å². The fourth-order valence-corrected chi connectivity index (χ4v) is 2.93. The van der Waals surface area contributed by atoms with Gasteiger partial charge in [-0.05, 0) is 61.7 Å². The number of aromatic nitrogens is 2. The van der Waals surface area contributed by atoms with Gasteiger partial charge >= 0.3 is 0 Å². The molecule has 0 atom stereocenters. The molecule has 1 aliphatic heterocycles. The Morgan fingerprint density at radius 2 is 1.79 bits per heavy atom. The van der Waals surface area contributed by atoms with Gasteiger partial charge in [0.25, 0.3) is 5.89 Å². The SMILES string of the molecule is C(=Cc1nc(-c2ccc(N3CCCCC3)cc2)no1)c1ccco1. The predicted octanol–water partition coefficient (Wildman–Crippen LogP) is 4.49. The fourth-order valence-electron chi connectivity index (χ4n) is 2.93. The summed E-state index contributed by atoms with van der Waals surface area (Å²) in [6.45, 7) is 2.28. The summed E-state index contributed by atoms with van der Waals surface area (Å²) in [6.07, 6.45) is 9.07. The van der Waals surface area contributed by atoms with Crippen LogP contribution in [0.5, 0.6) is 0 Å². The number of furan rings is 1. The van der Waals surface area contributed by atoms with Gasteiger partial charge in [0.2, 0.25) is 5.82 Å². The molecule has 1 aromatic carbocycles. The highest BCUT2D eigenvalue weighted by Crippen LogP contribution is 2.24. The average Bonchev–Trinajstić information content (AvgIpc) is 3.33. The second kappa shape index (κ2) is 6.74. The summed E-state index contributed by atoms with van der Waals surface area (Å²) in [5, 5.41) is 4.05. The van der Waals surface area contributed by atoms with Crippen molar-refractivity contribution in [2.45, 2.75) is 19.3 Å². The van der Waals surface area contributed by atoms with Crippen molar-refractivity contribution in [3.8, 4) is 11.4 Å². The van der Waals surface area contributed by atoms with Crippen LogP contribution in [0.3, 0.4) is 0 Å². The number of piperidine rings is 1. The van der Waals surface area contributed by atoms with Crippen LogP contribution in [0, 0.1) is 0 Å². The third-order valence-corrected chi connectivity index (χ3v) is 4.22. The molecule has 1 fully saturated rings. The van der Waals surface area contributed by atoms with Crippen LogP contribution in [0.15, 0.2) is 51.6 Å². The summed E-state index contributed by atoms with van der Waals surface area (Å²) in [5.41, 5.74) is 2.22. The largest absolute Gasteiger partial charge is 0.465 e. The molecule has 0 aliphatic carbocycles. The number of anilines is 1. The molecule has 122 valence electrons. The third kappa shape index (κ3) is 3.25. The van der Waals surface area contributed by atoms with E-state index in [0.29, 0.717) is 11.7 Å². The minimum atomic E-state index is 0.460. The molecule has 1 aliphatic rings. The Kier molecular flexibility index (Phi) is 4.14. The first-order valence-corrected chi connectivity index (χ1v) is 8.29. The van der Waals surface area contributed by atoms with E-state index < -0.39 is 0 Å². The van der Waals surface area contributed by atoms with E-state index in [1.54, 1.807) is 18.4 Å². The van der Waals surface area contributed by atoms with Crippen molar-refractivity contribution in [1.29, 1.82) is 0 Å². The molecule has 0 saturated carbocycles. The van der Waals surface area contributed by atoms with Crippen LogP contribution in [0.1, 0.15) is 30.9 Å². The first kappa shape index (κ1) is 14.8. The molecule has 0 spiro atoms. The lowest BCUT2D eigenvalue weighted by Crippen LogP contribution is -2.29. The van der Waals surface area contributed by atoms with Gasteiger partial charge in [-0.25, -0.2) is 0 Å². The van der Waals surface area contributed by atoms with Gasteiger partial charge in [-0.1, -0.05) is 5.16 Å². The van der Waals surface area contributed by atoms with Gasteiger partial charge in [0.05, 0.1) is 6.26 Å². The second-order valence-electron chi connectivity index (χ2n) is 5.90. The minimum Gasteiger partial charge on any atom is -0.465 e. The first-order chi connectivity index (χ1) is 11.9. The number of nitrogens with zero attached hydrogens (tertiary/aromatic N) is 3. The molecule has 3 heterocycles. The van der Waals surface area contributed by atoms with Crippen LogP contribution in [0.4, 0.5) is 5.69 Å². The molecule has 4 rings (SSSR count). The number of hydrogen-bond donors (Lipinski definition) is 0. The first-order valence-electron chi connectivity index (χ1n) is 8.29. The standard InChI is InChI=1S/C19H19N3O2/c1-2-12-22(13-3-1)16-8-6-15(7-9-16)19-20-18(24-21-19)11-10-17-5-4-14-23-17/h4-11,14H,1-3,12-13H2. The van der Waals surface area contributed by atoms with Gasteiger partial charge < -0.3 is 13.8 Å². The lowest BCUT2D eigenvalue weighted by atomic mass is 10.1. The molecule has 3 aromatic rings. The highest BCUT2D eigenvalue weighted by molar-refractivity contribution is 5.65. The molecule has 0 unspecified atom stereocenters. The molecule has 0 radical (unpaired) electrons. The molecule has 0 bridgehead atoms. The molecule has 5 nitrogen and oxygen atoms in total. The number of hydrogen-bond acceptors (Lipinski definition) is 5. The number of rotatable bonds is 4. The monoisotopic (exact) mass is 321 g/mol. The average molecular weight is 321 g/mol.